The molecular weight excluding hydrogens is 408 g/mol. The van der Waals surface area contributed by atoms with Crippen molar-refractivity contribution in [2.24, 2.45) is 0 Å². The van der Waals surface area contributed by atoms with Gasteiger partial charge < -0.3 is 25.2 Å². The van der Waals surface area contributed by atoms with E-state index in [-0.39, 0.29) is 41.9 Å². The largest absolute Gasteiger partial charge is 0.508 e. The fourth-order valence-corrected chi connectivity index (χ4v) is 3.68. The lowest BCUT2D eigenvalue weighted by Crippen LogP contribution is -2.26. The number of phenolic OH excluding ortho intramolecular Hbond substituents is 2. The summed E-state index contributed by atoms with van der Waals surface area (Å²) in [4.78, 5) is 26.7. The lowest BCUT2D eigenvalue weighted by Gasteiger charge is -2.19. The Morgan fingerprint density at radius 1 is 1.06 bits per heavy atom. The molecule has 0 saturated carbocycles. The quantitative estimate of drug-likeness (QED) is 0.514. The summed E-state index contributed by atoms with van der Waals surface area (Å²) in [6.07, 6.45) is 1.18. The molecule has 0 atom stereocenters. The van der Waals surface area contributed by atoms with Gasteiger partial charge in [0, 0.05) is 36.5 Å². The second-order valence-corrected chi connectivity index (χ2v) is 7.41. The van der Waals surface area contributed by atoms with E-state index in [0.29, 0.717) is 12.2 Å². The van der Waals surface area contributed by atoms with Crippen molar-refractivity contribution >= 4 is 17.5 Å². The third kappa shape index (κ3) is 4.27. The van der Waals surface area contributed by atoms with Gasteiger partial charge >= 0.3 is 0 Å². The first-order chi connectivity index (χ1) is 15.5. The minimum atomic E-state index is -0.442. The van der Waals surface area contributed by atoms with Gasteiger partial charge in [0.25, 0.3) is 5.91 Å². The number of aromatic hydroxyl groups is 2. The molecule has 1 aliphatic heterocycles. The lowest BCUT2D eigenvalue weighted by molar-refractivity contribution is -0.111. The molecule has 3 N–H and O–H groups in total. The van der Waals surface area contributed by atoms with Gasteiger partial charge in [0.05, 0.1) is 0 Å². The van der Waals surface area contributed by atoms with E-state index in [0.717, 1.165) is 22.8 Å². The van der Waals surface area contributed by atoms with E-state index in [1.54, 1.807) is 17.0 Å². The van der Waals surface area contributed by atoms with Crippen molar-refractivity contribution in [2.45, 2.75) is 19.7 Å². The fraction of sp³-hybridized carbons (Fsp3) is 0.120. The third-order valence-corrected chi connectivity index (χ3v) is 5.23. The van der Waals surface area contributed by atoms with Gasteiger partial charge in [0.1, 0.15) is 29.4 Å². The second-order valence-electron chi connectivity index (χ2n) is 7.41. The highest BCUT2D eigenvalue weighted by atomic mass is 16.5. The number of ether oxygens (including phenoxy) is 1. The Bertz CT molecular complexity index is 1190. The van der Waals surface area contributed by atoms with Crippen molar-refractivity contribution < 1.29 is 24.5 Å². The molecule has 1 heterocycles. The van der Waals surface area contributed by atoms with Crippen LogP contribution in [0.3, 0.4) is 0 Å². The molecule has 3 aromatic carbocycles. The Hall–Kier alpha value is -4.26. The van der Waals surface area contributed by atoms with Crippen molar-refractivity contribution in [2.75, 3.05) is 5.32 Å². The van der Waals surface area contributed by atoms with E-state index < -0.39 is 5.91 Å². The van der Waals surface area contributed by atoms with E-state index in [1.165, 1.54) is 12.1 Å². The molecule has 0 unspecified atom stereocenters. The Morgan fingerprint density at radius 2 is 1.84 bits per heavy atom. The molecule has 0 aromatic heterocycles. The van der Waals surface area contributed by atoms with E-state index in [4.69, 9.17) is 4.74 Å². The molecule has 4 rings (SSSR count). The number of benzene rings is 3. The van der Waals surface area contributed by atoms with Gasteiger partial charge in [-0.25, -0.2) is 0 Å². The molecule has 0 saturated heterocycles. The number of rotatable bonds is 6. The molecular formula is C25H22N2O5. The Balaban J connectivity index is 1.60. The summed E-state index contributed by atoms with van der Waals surface area (Å²) < 4.78 is 5.80. The standard InChI is InChI=1S/C25H22N2O5/c1-2-23(30)26-20-10-6-9-17-13-27(14-19(17)20)25(31)24-21(29)11-18(28)12-22(24)32-15-16-7-4-3-5-8-16/h2-12,28-29H,1,13-15H2,(H,26,30). The van der Waals surface area contributed by atoms with Crippen LogP contribution in [0.5, 0.6) is 17.2 Å². The number of carbonyl (C=O) groups excluding carboxylic acids is 2. The van der Waals surface area contributed by atoms with Gasteiger partial charge in [-0.2, -0.15) is 0 Å². The molecule has 32 heavy (non-hydrogen) atoms. The summed E-state index contributed by atoms with van der Waals surface area (Å²) in [7, 11) is 0. The van der Waals surface area contributed by atoms with Crippen LogP contribution in [-0.2, 0) is 24.5 Å². The highest BCUT2D eigenvalue weighted by Gasteiger charge is 2.30. The van der Waals surface area contributed by atoms with E-state index in [2.05, 4.69) is 11.9 Å². The number of phenols is 2. The van der Waals surface area contributed by atoms with Crippen molar-refractivity contribution in [1.82, 2.24) is 4.90 Å². The van der Waals surface area contributed by atoms with Crippen LogP contribution in [0.1, 0.15) is 27.0 Å². The van der Waals surface area contributed by atoms with Gasteiger partial charge in [0.15, 0.2) is 0 Å². The van der Waals surface area contributed by atoms with Crippen LogP contribution in [0, 0.1) is 0 Å². The van der Waals surface area contributed by atoms with Crippen LogP contribution in [0.2, 0.25) is 0 Å². The first kappa shape index (κ1) is 21.0. The summed E-state index contributed by atoms with van der Waals surface area (Å²) in [6.45, 7) is 4.19. The second kappa shape index (κ2) is 8.85. The molecule has 0 bridgehead atoms. The van der Waals surface area contributed by atoms with Gasteiger partial charge in [-0.05, 0) is 23.3 Å². The molecule has 7 heteroatoms. The zero-order valence-electron chi connectivity index (χ0n) is 17.2. The van der Waals surface area contributed by atoms with E-state index >= 15 is 0 Å². The number of fused-ring (bicyclic) bond motifs is 1. The van der Waals surface area contributed by atoms with Crippen molar-refractivity contribution in [3.63, 3.8) is 0 Å². The molecule has 0 fully saturated rings. The molecule has 1 aliphatic rings. The Morgan fingerprint density at radius 3 is 2.59 bits per heavy atom. The molecule has 0 aliphatic carbocycles. The van der Waals surface area contributed by atoms with Crippen LogP contribution in [0.4, 0.5) is 5.69 Å². The molecule has 7 nitrogen and oxygen atoms in total. The summed E-state index contributed by atoms with van der Waals surface area (Å²) in [5.74, 6) is -1.26. The average Bonchev–Trinajstić information content (AvgIpc) is 3.23. The van der Waals surface area contributed by atoms with E-state index in [9.17, 15) is 19.8 Å². The smallest absolute Gasteiger partial charge is 0.262 e. The van der Waals surface area contributed by atoms with Crippen LogP contribution in [-0.4, -0.2) is 26.9 Å². The summed E-state index contributed by atoms with van der Waals surface area (Å²) >= 11 is 0. The zero-order valence-corrected chi connectivity index (χ0v) is 17.2. The number of amides is 2. The Labute approximate surface area is 185 Å². The number of hydrogen-bond donors (Lipinski definition) is 3. The van der Waals surface area contributed by atoms with Gasteiger partial charge in [0.2, 0.25) is 5.91 Å². The van der Waals surface area contributed by atoms with Crippen molar-refractivity contribution in [3.8, 4) is 17.2 Å². The minimum Gasteiger partial charge on any atom is -0.508 e. The van der Waals surface area contributed by atoms with Crippen LogP contribution in [0.25, 0.3) is 0 Å². The SMILES string of the molecule is C=CC(=O)Nc1cccc2c1CN(C(=O)c1c(O)cc(O)cc1OCc1ccccc1)C2. The number of nitrogens with zero attached hydrogens (tertiary/aromatic N) is 1. The lowest BCUT2D eigenvalue weighted by atomic mass is 10.1. The molecule has 0 spiro atoms. The predicted molar refractivity (Wildman–Crippen MR) is 119 cm³/mol. The predicted octanol–water partition coefficient (Wildman–Crippen LogP) is 3.96. The van der Waals surface area contributed by atoms with Gasteiger partial charge in [-0.1, -0.05) is 49.0 Å². The molecule has 0 radical (unpaired) electrons. The van der Waals surface area contributed by atoms with Crippen LogP contribution < -0.4 is 10.1 Å². The number of nitrogens with one attached hydrogen (secondary N) is 1. The van der Waals surface area contributed by atoms with Crippen LogP contribution in [0.15, 0.2) is 73.3 Å². The maximum Gasteiger partial charge on any atom is 0.262 e. The first-order valence-electron chi connectivity index (χ1n) is 10.0. The minimum absolute atomic E-state index is 0.0248. The number of carbonyl (C=O) groups is 2. The first-order valence-corrected chi connectivity index (χ1v) is 10.0. The van der Waals surface area contributed by atoms with E-state index in [1.807, 2.05) is 36.4 Å². The summed E-state index contributed by atoms with van der Waals surface area (Å²) in [5, 5.41) is 23.2. The van der Waals surface area contributed by atoms with Crippen molar-refractivity contribution in [3.05, 3.63) is 95.6 Å². The maximum absolute atomic E-state index is 13.4. The summed E-state index contributed by atoms with van der Waals surface area (Å²) in [6, 6.07) is 17.3. The zero-order chi connectivity index (χ0) is 22.7. The monoisotopic (exact) mass is 430 g/mol. The molecule has 2 amide bonds. The average molecular weight is 430 g/mol. The highest BCUT2D eigenvalue weighted by molar-refractivity contribution is 6.01. The van der Waals surface area contributed by atoms with Crippen LogP contribution >= 0.6 is 0 Å². The number of hydrogen-bond acceptors (Lipinski definition) is 5. The molecule has 3 aromatic rings. The van der Waals surface area contributed by atoms with Crippen molar-refractivity contribution in [1.29, 1.82) is 0 Å². The fourth-order valence-electron chi connectivity index (χ4n) is 3.68. The normalized spacial score (nSPS) is 12.2. The van der Waals surface area contributed by atoms with Gasteiger partial charge in [-0.15, -0.1) is 0 Å². The van der Waals surface area contributed by atoms with Gasteiger partial charge in [-0.3, -0.25) is 9.59 Å². The number of anilines is 1. The Kier molecular flexibility index (Phi) is 5.81. The highest BCUT2D eigenvalue weighted by Crippen LogP contribution is 2.37. The third-order valence-electron chi connectivity index (χ3n) is 5.23. The summed E-state index contributed by atoms with van der Waals surface area (Å²) in [5.41, 5.74) is 3.18. The maximum atomic E-state index is 13.4. The molecule has 162 valence electrons. The topological polar surface area (TPSA) is 99.1 Å².